The van der Waals surface area contributed by atoms with E-state index in [9.17, 15) is 9.18 Å². The van der Waals surface area contributed by atoms with Gasteiger partial charge in [-0.2, -0.15) is 0 Å². The molecule has 4 nitrogen and oxygen atoms in total. The molecule has 1 heterocycles. The lowest BCUT2D eigenvalue weighted by Gasteiger charge is -2.36. The molecule has 0 saturated heterocycles. The van der Waals surface area contributed by atoms with Gasteiger partial charge in [0.15, 0.2) is 0 Å². The number of carbonyl (C=O) groups is 1. The van der Waals surface area contributed by atoms with Gasteiger partial charge in [-0.25, -0.2) is 4.39 Å². The summed E-state index contributed by atoms with van der Waals surface area (Å²) in [4.78, 5) is 15.1. The quantitative estimate of drug-likeness (QED) is 0.815. The Morgan fingerprint density at radius 1 is 1.56 bits per heavy atom. The number of hydrogen-bond acceptors (Lipinski definition) is 3. The highest BCUT2D eigenvalue weighted by Crippen LogP contribution is 2.34. The SMILES string of the molecule is CCC(N)C(CC)(CC(=O)O)c1ccc(F)cn1. The van der Waals surface area contributed by atoms with Gasteiger partial charge in [0, 0.05) is 17.2 Å². The molecule has 0 amide bonds. The molecule has 18 heavy (non-hydrogen) atoms. The Kier molecular flexibility index (Phi) is 4.78. The minimum Gasteiger partial charge on any atom is -0.481 e. The first-order valence-corrected chi connectivity index (χ1v) is 6.05. The molecule has 0 aliphatic rings. The van der Waals surface area contributed by atoms with Gasteiger partial charge in [0.05, 0.1) is 12.6 Å². The van der Waals surface area contributed by atoms with Crippen molar-refractivity contribution in [1.82, 2.24) is 4.98 Å². The second-order valence-corrected chi connectivity index (χ2v) is 4.46. The van der Waals surface area contributed by atoms with E-state index in [1.54, 1.807) is 0 Å². The summed E-state index contributed by atoms with van der Waals surface area (Å²) < 4.78 is 12.9. The number of pyridine rings is 1. The molecule has 1 aromatic heterocycles. The smallest absolute Gasteiger partial charge is 0.304 e. The second kappa shape index (κ2) is 5.91. The number of carboxylic acid groups (broad SMARTS) is 1. The number of halogens is 1. The summed E-state index contributed by atoms with van der Waals surface area (Å²) in [5, 5.41) is 9.08. The van der Waals surface area contributed by atoms with Crippen LogP contribution in [0.2, 0.25) is 0 Å². The minimum atomic E-state index is -0.924. The van der Waals surface area contributed by atoms with Gasteiger partial charge in [-0.05, 0) is 25.0 Å². The largest absolute Gasteiger partial charge is 0.481 e. The molecule has 0 fully saturated rings. The van der Waals surface area contributed by atoms with Gasteiger partial charge in [-0.3, -0.25) is 9.78 Å². The van der Waals surface area contributed by atoms with Crippen LogP contribution in [-0.2, 0) is 10.2 Å². The predicted octanol–water partition coefficient (Wildman–Crippen LogP) is 2.08. The number of hydrogen-bond donors (Lipinski definition) is 2. The van der Waals surface area contributed by atoms with Crippen molar-refractivity contribution in [2.24, 2.45) is 5.73 Å². The van der Waals surface area contributed by atoms with Crippen LogP contribution in [0.1, 0.15) is 38.8 Å². The van der Waals surface area contributed by atoms with Crippen molar-refractivity contribution in [3.63, 3.8) is 0 Å². The average Bonchev–Trinajstić information content (AvgIpc) is 2.35. The van der Waals surface area contributed by atoms with Crippen LogP contribution < -0.4 is 5.73 Å². The Morgan fingerprint density at radius 2 is 2.22 bits per heavy atom. The summed E-state index contributed by atoms with van der Waals surface area (Å²) in [5.41, 5.74) is 5.89. The maximum Gasteiger partial charge on any atom is 0.304 e. The fourth-order valence-electron chi connectivity index (χ4n) is 2.31. The second-order valence-electron chi connectivity index (χ2n) is 4.46. The van der Waals surface area contributed by atoms with Crippen LogP contribution in [0.4, 0.5) is 4.39 Å². The summed E-state index contributed by atoms with van der Waals surface area (Å²) in [6, 6.07) is 2.49. The molecule has 0 aliphatic heterocycles. The highest BCUT2D eigenvalue weighted by Gasteiger charge is 2.39. The molecule has 0 bridgehead atoms. The van der Waals surface area contributed by atoms with Crippen LogP contribution in [0.25, 0.3) is 0 Å². The lowest BCUT2D eigenvalue weighted by molar-refractivity contribution is -0.138. The van der Waals surface area contributed by atoms with Crippen molar-refractivity contribution >= 4 is 5.97 Å². The van der Waals surface area contributed by atoms with Gasteiger partial charge < -0.3 is 10.8 Å². The van der Waals surface area contributed by atoms with Crippen molar-refractivity contribution in [1.29, 1.82) is 0 Å². The van der Waals surface area contributed by atoms with Crippen molar-refractivity contribution in [2.45, 2.75) is 44.6 Å². The summed E-state index contributed by atoms with van der Waals surface area (Å²) in [5.74, 6) is -1.36. The number of aromatic nitrogens is 1. The Balaban J connectivity index is 3.24. The van der Waals surface area contributed by atoms with Crippen molar-refractivity contribution in [3.8, 4) is 0 Å². The summed E-state index contributed by atoms with van der Waals surface area (Å²) in [6.45, 7) is 3.78. The average molecular weight is 254 g/mol. The van der Waals surface area contributed by atoms with Crippen LogP contribution in [-0.4, -0.2) is 22.1 Å². The molecule has 0 aromatic carbocycles. The topological polar surface area (TPSA) is 76.2 Å². The number of nitrogens with zero attached hydrogens (tertiary/aromatic N) is 1. The van der Waals surface area contributed by atoms with Gasteiger partial charge in [-0.15, -0.1) is 0 Å². The molecule has 1 aromatic rings. The van der Waals surface area contributed by atoms with Gasteiger partial charge in [0.25, 0.3) is 0 Å². The van der Waals surface area contributed by atoms with E-state index in [0.717, 1.165) is 6.20 Å². The van der Waals surface area contributed by atoms with E-state index in [1.807, 2.05) is 13.8 Å². The molecule has 0 radical (unpaired) electrons. The van der Waals surface area contributed by atoms with E-state index >= 15 is 0 Å². The van der Waals surface area contributed by atoms with Crippen molar-refractivity contribution < 1.29 is 14.3 Å². The Bertz CT molecular complexity index is 408. The molecule has 5 heteroatoms. The molecule has 100 valence electrons. The van der Waals surface area contributed by atoms with Gasteiger partial charge in [0.2, 0.25) is 0 Å². The monoisotopic (exact) mass is 254 g/mol. The summed E-state index contributed by atoms with van der Waals surface area (Å²) in [6.07, 6.45) is 2.19. The number of nitrogens with two attached hydrogens (primary N) is 1. The van der Waals surface area contributed by atoms with E-state index in [4.69, 9.17) is 10.8 Å². The molecule has 0 aliphatic carbocycles. The first kappa shape index (κ1) is 14.6. The van der Waals surface area contributed by atoms with E-state index in [-0.39, 0.29) is 12.5 Å². The molecule has 2 atom stereocenters. The van der Waals surface area contributed by atoms with Crippen molar-refractivity contribution in [3.05, 3.63) is 29.8 Å². The van der Waals surface area contributed by atoms with Crippen LogP contribution in [0.15, 0.2) is 18.3 Å². The van der Waals surface area contributed by atoms with Gasteiger partial charge >= 0.3 is 5.97 Å². The summed E-state index contributed by atoms with van der Waals surface area (Å²) in [7, 11) is 0. The fraction of sp³-hybridized carbons (Fsp3) is 0.538. The third-order valence-corrected chi connectivity index (χ3v) is 3.48. The normalized spacial score (nSPS) is 16.0. The standard InChI is InChI=1S/C13H19FN2O2/c1-3-10(15)13(4-2,7-12(17)18)11-6-5-9(14)8-16-11/h5-6,8,10H,3-4,7,15H2,1-2H3,(H,17,18). The third-order valence-electron chi connectivity index (χ3n) is 3.48. The lowest BCUT2D eigenvalue weighted by Crippen LogP contribution is -2.46. The van der Waals surface area contributed by atoms with E-state index < -0.39 is 17.2 Å². The zero-order chi connectivity index (χ0) is 13.8. The first-order valence-electron chi connectivity index (χ1n) is 6.05. The third kappa shape index (κ3) is 2.85. The predicted molar refractivity (Wildman–Crippen MR) is 66.7 cm³/mol. The van der Waals surface area contributed by atoms with Crippen molar-refractivity contribution in [2.75, 3.05) is 0 Å². The number of rotatable bonds is 6. The van der Waals surface area contributed by atoms with Crippen LogP contribution >= 0.6 is 0 Å². The highest BCUT2D eigenvalue weighted by atomic mass is 19.1. The molecule has 0 spiro atoms. The van der Waals surface area contributed by atoms with Crippen LogP contribution in [0.3, 0.4) is 0 Å². The number of aliphatic carboxylic acids is 1. The Morgan fingerprint density at radius 3 is 2.61 bits per heavy atom. The van der Waals surface area contributed by atoms with Gasteiger partial charge in [0.1, 0.15) is 5.82 Å². The van der Waals surface area contributed by atoms with Crippen LogP contribution in [0.5, 0.6) is 0 Å². The molecular weight excluding hydrogens is 235 g/mol. The zero-order valence-electron chi connectivity index (χ0n) is 10.7. The maximum atomic E-state index is 12.9. The highest BCUT2D eigenvalue weighted by molar-refractivity contribution is 5.69. The van der Waals surface area contributed by atoms with E-state index in [1.165, 1.54) is 12.1 Å². The zero-order valence-corrected chi connectivity index (χ0v) is 10.7. The molecule has 3 N–H and O–H groups in total. The van der Waals surface area contributed by atoms with E-state index in [2.05, 4.69) is 4.98 Å². The fourth-order valence-corrected chi connectivity index (χ4v) is 2.31. The number of carboxylic acids is 1. The Hall–Kier alpha value is -1.49. The summed E-state index contributed by atoms with van der Waals surface area (Å²) >= 11 is 0. The molecule has 1 rings (SSSR count). The van der Waals surface area contributed by atoms with Crippen LogP contribution in [0, 0.1) is 5.82 Å². The molecule has 0 saturated carbocycles. The van der Waals surface area contributed by atoms with Gasteiger partial charge in [-0.1, -0.05) is 13.8 Å². The van der Waals surface area contributed by atoms with E-state index in [0.29, 0.717) is 18.5 Å². The molecular formula is C13H19FN2O2. The minimum absolute atomic E-state index is 0.100. The Labute approximate surface area is 106 Å². The maximum absolute atomic E-state index is 12.9. The molecule has 2 unspecified atom stereocenters. The lowest BCUT2D eigenvalue weighted by atomic mass is 9.71. The first-order chi connectivity index (χ1) is 8.46.